The van der Waals surface area contributed by atoms with Crippen LogP contribution in [0.3, 0.4) is 0 Å². The number of para-hydroxylation sites is 1. The molecule has 0 radical (unpaired) electrons. The highest BCUT2D eigenvalue weighted by Crippen LogP contribution is 2.33. The fraction of sp³-hybridized carbons (Fsp3) is 0.444. The van der Waals surface area contributed by atoms with Gasteiger partial charge in [0.05, 0.1) is 0 Å². The number of aliphatic imine (C=N–C) groups is 1. The van der Waals surface area contributed by atoms with Gasteiger partial charge in [-0.15, -0.1) is 0 Å². The number of likely N-dealkylation sites (N-methyl/N-ethyl adjacent to an activating group) is 2. The number of carboxylic acid groups (broad SMARTS) is 1. The number of guanidine groups is 1. The summed E-state index contributed by atoms with van der Waals surface area (Å²) in [6.07, 6.45) is 1.10. The summed E-state index contributed by atoms with van der Waals surface area (Å²) in [5.74, 6) is -1.06. The Balaban J connectivity index is 1.78. The minimum atomic E-state index is -1.05. The third-order valence-corrected chi connectivity index (χ3v) is 5.35. The van der Waals surface area contributed by atoms with Gasteiger partial charge in [0.25, 0.3) is 5.91 Å². The van der Waals surface area contributed by atoms with Crippen LogP contribution in [0.4, 0.5) is 10.5 Å². The lowest BCUT2D eigenvalue weighted by molar-refractivity contribution is -0.141. The van der Waals surface area contributed by atoms with Crippen molar-refractivity contribution in [3.63, 3.8) is 0 Å². The topological polar surface area (TPSA) is 96.8 Å². The molecule has 0 aliphatic carbocycles. The van der Waals surface area contributed by atoms with Gasteiger partial charge in [-0.2, -0.15) is 0 Å². The summed E-state index contributed by atoms with van der Waals surface area (Å²) in [6.45, 7) is 0.313. The first-order chi connectivity index (χ1) is 12.9. The first-order valence-electron chi connectivity index (χ1n) is 8.86. The van der Waals surface area contributed by atoms with Gasteiger partial charge < -0.3 is 19.8 Å². The molecule has 142 valence electrons. The minimum absolute atomic E-state index is 0.361. The second-order valence-corrected chi connectivity index (χ2v) is 6.98. The summed E-state index contributed by atoms with van der Waals surface area (Å²) in [7, 11) is 2.99. The normalized spacial score (nSPS) is 24.7. The van der Waals surface area contributed by atoms with Gasteiger partial charge in [-0.1, -0.05) is 18.2 Å². The van der Waals surface area contributed by atoms with Crippen molar-refractivity contribution in [1.29, 1.82) is 0 Å². The molecule has 9 heteroatoms. The highest BCUT2D eigenvalue weighted by Gasteiger charge is 2.52. The van der Waals surface area contributed by atoms with Crippen LogP contribution in [0.25, 0.3) is 0 Å². The van der Waals surface area contributed by atoms with Crippen LogP contribution in [0.1, 0.15) is 12.0 Å². The molecule has 3 aliphatic rings. The third-order valence-electron chi connectivity index (χ3n) is 5.35. The van der Waals surface area contributed by atoms with Gasteiger partial charge in [-0.25, -0.2) is 9.79 Å². The molecule has 3 amide bonds. The molecular weight excluding hydrogens is 350 g/mol. The van der Waals surface area contributed by atoms with E-state index in [-0.39, 0.29) is 6.54 Å². The number of carbonyl (C=O) groups excluding carboxylic acids is 2. The maximum absolute atomic E-state index is 12.8. The van der Waals surface area contributed by atoms with Gasteiger partial charge in [0.15, 0.2) is 12.2 Å². The van der Waals surface area contributed by atoms with Crippen LogP contribution in [-0.2, 0) is 16.0 Å². The minimum Gasteiger partial charge on any atom is -0.480 e. The number of hydrogen-bond acceptors (Lipinski definition) is 6. The molecule has 2 atom stereocenters. The molecule has 4 rings (SSSR count). The van der Waals surface area contributed by atoms with Crippen molar-refractivity contribution in [1.82, 2.24) is 14.7 Å². The van der Waals surface area contributed by atoms with Gasteiger partial charge in [0.2, 0.25) is 5.96 Å². The first kappa shape index (κ1) is 17.3. The summed E-state index contributed by atoms with van der Waals surface area (Å²) in [6, 6.07) is 6.63. The average Bonchev–Trinajstić information content (AvgIpc) is 3.02. The Morgan fingerprint density at radius 2 is 2.00 bits per heavy atom. The van der Waals surface area contributed by atoms with E-state index >= 15 is 0 Å². The molecule has 1 aromatic rings. The Kier molecular flexibility index (Phi) is 4.01. The van der Waals surface area contributed by atoms with E-state index < -0.39 is 30.1 Å². The molecule has 1 saturated heterocycles. The molecule has 3 aliphatic heterocycles. The fourth-order valence-corrected chi connectivity index (χ4v) is 4.03. The van der Waals surface area contributed by atoms with Gasteiger partial charge >= 0.3 is 12.0 Å². The highest BCUT2D eigenvalue weighted by molar-refractivity contribution is 6.07. The zero-order chi connectivity index (χ0) is 19.3. The number of amides is 3. The molecule has 1 N–H and O–H groups in total. The van der Waals surface area contributed by atoms with Crippen LogP contribution in [0.5, 0.6) is 0 Å². The monoisotopic (exact) mass is 371 g/mol. The Bertz CT molecular complexity index is 854. The maximum Gasteiger partial charge on any atom is 0.328 e. The lowest BCUT2D eigenvalue weighted by Crippen LogP contribution is -2.65. The number of hydrogen-bond donors (Lipinski definition) is 1. The summed E-state index contributed by atoms with van der Waals surface area (Å²) >= 11 is 0. The zero-order valence-electron chi connectivity index (χ0n) is 15.2. The molecule has 0 saturated carbocycles. The largest absolute Gasteiger partial charge is 0.480 e. The van der Waals surface area contributed by atoms with Gasteiger partial charge in [-0.05, 0) is 24.5 Å². The molecule has 0 aromatic heterocycles. The van der Waals surface area contributed by atoms with Crippen LogP contribution in [-0.4, -0.2) is 83.1 Å². The lowest BCUT2D eigenvalue weighted by atomic mass is 10.0. The van der Waals surface area contributed by atoms with Gasteiger partial charge in [0, 0.05) is 26.3 Å². The van der Waals surface area contributed by atoms with Crippen molar-refractivity contribution in [2.24, 2.45) is 4.99 Å². The Morgan fingerprint density at radius 1 is 1.26 bits per heavy atom. The second kappa shape index (κ2) is 6.26. The predicted octanol–water partition coefficient (Wildman–Crippen LogP) is 0.414. The summed E-state index contributed by atoms with van der Waals surface area (Å²) < 4.78 is 0. The van der Waals surface area contributed by atoms with Gasteiger partial charge in [0.1, 0.15) is 6.54 Å². The molecule has 0 bridgehead atoms. The third kappa shape index (κ3) is 2.61. The van der Waals surface area contributed by atoms with E-state index in [0.717, 1.165) is 29.0 Å². The van der Waals surface area contributed by atoms with Crippen molar-refractivity contribution >= 4 is 29.6 Å². The SMILES string of the molecule is CN1C(=O)C2C(N=C(N3CCCc4ccccc43)N2CC(=O)O)N(C)C1=O. The van der Waals surface area contributed by atoms with E-state index in [0.29, 0.717) is 12.5 Å². The maximum atomic E-state index is 12.8. The smallest absolute Gasteiger partial charge is 0.328 e. The summed E-state index contributed by atoms with van der Waals surface area (Å²) in [5, 5.41) is 9.43. The number of carbonyl (C=O) groups is 3. The Labute approximate surface area is 156 Å². The average molecular weight is 371 g/mol. The molecule has 2 unspecified atom stereocenters. The van der Waals surface area contributed by atoms with E-state index in [1.165, 1.54) is 16.8 Å². The second-order valence-electron chi connectivity index (χ2n) is 6.98. The molecule has 0 spiro atoms. The van der Waals surface area contributed by atoms with E-state index in [9.17, 15) is 19.5 Å². The van der Waals surface area contributed by atoms with E-state index in [1.54, 1.807) is 7.05 Å². The predicted molar refractivity (Wildman–Crippen MR) is 97.4 cm³/mol. The number of fused-ring (bicyclic) bond motifs is 2. The van der Waals surface area contributed by atoms with Crippen molar-refractivity contribution in [2.75, 3.05) is 32.1 Å². The number of nitrogens with zero attached hydrogens (tertiary/aromatic N) is 5. The number of benzene rings is 1. The molecule has 3 heterocycles. The summed E-state index contributed by atoms with van der Waals surface area (Å²) in [4.78, 5) is 47.1. The molecule has 1 fully saturated rings. The molecule has 1 aromatic carbocycles. The first-order valence-corrected chi connectivity index (χ1v) is 8.86. The van der Waals surface area contributed by atoms with Gasteiger partial charge in [-0.3, -0.25) is 14.5 Å². The number of aryl methyl sites for hydroxylation is 1. The Hall–Kier alpha value is -3.10. The number of urea groups is 1. The number of anilines is 1. The van der Waals surface area contributed by atoms with Crippen molar-refractivity contribution in [3.8, 4) is 0 Å². The van der Waals surface area contributed by atoms with Crippen molar-refractivity contribution in [2.45, 2.75) is 25.0 Å². The lowest BCUT2D eigenvalue weighted by Gasteiger charge is -2.40. The number of aliphatic carboxylic acids is 1. The van der Waals surface area contributed by atoms with Crippen molar-refractivity contribution in [3.05, 3.63) is 29.8 Å². The molecule has 27 heavy (non-hydrogen) atoms. The van der Waals surface area contributed by atoms with Crippen LogP contribution < -0.4 is 4.90 Å². The number of carboxylic acids is 1. The highest BCUT2D eigenvalue weighted by atomic mass is 16.4. The summed E-state index contributed by atoms with van der Waals surface area (Å²) in [5.41, 5.74) is 2.12. The van der Waals surface area contributed by atoms with Crippen LogP contribution in [0, 0.1) is 0 Å². The van der Waals surface area contributed by atoms with E-state index in [2.05, 4.69) is 4.99 Å². The molecular formula is C18H21N5O4. The van der Waals surface area contributed by atoms with Crippen molar-refractivity contribution < 1.29 is 19.5 Å². The van der Waals surface area contributed by atoms with E-state index in [1.807, 2.05) is 29.2 Å². The van der Waals surface area contributed by atoms with E-state index in [4.69, 9.17) is 0 Å². The standard InChI is InChI=1S/C18H21N5O4/c1-20-15-14(16(26)21(2)18(20)27)23(10-13(24)25)17(19-15)22-9-5-7-11-6-3-4-8-12(11)22/h3-4,6,8,14-15H,5,7,9-10H2,1-2H3,(H,24,25). The Morgan fingerprint density at radius 3 is 2.74 bits per heavy atom. The van der Waals surface area contributed by atoms with Crippen LogP contribution in [0.15, 0.2) is 29.3 Å². The number of imide groups is 1. The van der Waals surface area contributed by atoms with Crippen LogP contribution >= 0.6 is 0 Å². The number of rotatable bonds is 2. The zero-order valence-corrected chi connectivity index (χ0v) is 15.2. The fourth-order valence-electron chi connectivity index (χ4n) is 4.03. The van der Waals surface area contributed by atoms with Crippen LogP contribution in [0.2, 0.25) is 0 Å². The molecule has 9 nitrogen and oxygen atoms in total. The quantitative estimate of drug-likeness (QED) is 0.809.